The lowest BCUT2D eigenvalue weighted by atomic mass is 10.2. The number of hydrogen-bond acceptors (Lipinski definition) is 5. The Labute approximate surface area is 119 Å². The Kier molecular flexibility index (Phi) is 5.12. The molecule has 0 unspecified atom stereocenters. The van der Waals surface area contributed by atoms with Crippen molar-refractivity contribution in [3.63, 3.8) is 0 Å². The van der Waals surface area contributed by atoms with E-state index in [0.717, 1.165) is 12.3 Å². The average Bonchev–Trinajstić information content (AvgIpc) is 2.88. The normalized spacial score (nSPS) is 11.2. The van der Waals surface area contributed by atoms with Crippen LogP contribution in [0.5, 0.6) is 5.75 Å². The lowest BCUT2D eigenvalue weighted by Gasteiger charge is -2.14. The molecule has 20 heavy (non-hydrogen) atoms. The van der Waals surface area contributed by atoms with Crippen LogP contribution in [0.2, 0.25) is 0 Å². The van der Waals surface area contributed by atoms with Crippen LogP contribution in [0.1, 0.15) is 31.5 Å². The van der Waals surface area contributed by atoms with Crippen molar-refractivity contribution in [3.8, 4) is 5.75 Å². The van der Waals surface area contributed by atoms with Gasteiger partial charge in [-0.3, -0.25) is 4.90 Å². The Morgan fingerprint density at radius 3 is 2.60 bits per heavy atom. The van der Waals surface area contributed by atoms with Crippen molar-refractivity contribution in [2.45, 2.75) is 26.3 Å². The quantitative estimate of drug-likeness (QED) is 0.777. The zero-order valence-electron chi connectivity index (χ0n) is 12.2. The van der Waals surface area contributed by atoms with E-state index in [-0.39, 0.29) is 5.92 Å². The van der Waals surface area contributed by atoms with Crippen LogP contribution in [0, 0.1) is 0 Å². The van der Waals surface area contributed by atoms with Crippen molar-refractivity contribution >= 4 is 0 Å². The summed E-state index contributed by atoms with van der Waals surface area (Å²) in [5.41, 5.74) is 0. The molecule has 0 aliphatic heterocycles. The Morgan fingerprint density at radius 1 is 1.20 bits per heavy atom. The van der Waals surface area contributed by atoms with Crippen LogP contribution >= 0.6 is 0 Å². The lowest BCUT2D eigenvalue weighted by Crippen LogP contribution is -2.24. The van der Waals surface area contributed by atoms with Crippen LogP contribution in [-0.4, -0.2) is 35.3 Å². The van der Waals surface area contributed by atoms with Gasteiger partial charge in [0.15, 0.2) is 0 Å². The van der Waals surface area contributed by atoms with Gasteiger partial charge in [0, 0.05) is 12.5 Å². The molecule has 0 amide bonds. The topological polar surface area (TPSA) is 51.4 Å². The Bertz CT molecular complexity index is 511. The van der Waals surface area contributed by atoms with Crippen molar-refractivity contribution in [3.05, 3.63) is 42.1 Å². The minimum atomic E-state index is 0.267. The Hall–Kier alpha value is -1.88. The number of aromatic nitrogens is 2. The highest BCUT2D eigenvalue weighted by Crippen LogP contribution is 2.13. The lowest BCUT2D eigenvalue weighted by molar-refractivity contribution is 0.218. The monoisotopic (exact) mass is 275 g/mol. The molecule has 0 saturated carbocycles. The molecule has 0 radical (unpaired) electrons. The van der Waals surface area contributed by atoms with E-state index in [2.05, 4.69) is 15.1 Å². The standard InChI is InChI=1S/C15H21N3O2/c1-12(2)15-17-16-14(20-15)11-18(3)9-10-19-13-7-5-4-6-8-13/h4-8,12H,9-11H2,1-3H3. The predicted octanol–water partition coefficient (Wildman–Crippen LogP) is 2.70. The van der Waals surface area contributed by atoms with Gasteiger partial charge in [-0.25, -0.2) is 0 Å². The molecular formula is C15H21N3O2. The number of nitrogens with zero attached hydrogens (tertiary/aromatic N) is 3. The number of hydrogen-bond donors (Lipinski definition) is 0. The molecule has 2 rings (SSSR count). The molecule has 2 aromatic rings. The van der Waals surface area contributed by atoms with Gasteiger partial charge in [-0.1, -0.05) is 32.0 Å². The van der Waals surface area contributed by atoms with Crippen molar-refractivity contribution in [1.29, 1.82) is 0 Å². The number of ether oxygens (including phenoxy) is 1. The summed E-state index contributed by atoms with van der Waals surface area (Å²) in [6.07, 6.45) is 0. The van der Waals surface area contributed by atoms with Gasteiger partial charge in [0.1, 0.15) is 12.4 Å². The molecule has 1 aromatic carbocycles. The summed E-state index contributed by atoms with van der Waals surface area (Å²) in [7, 11) is 2.01. The van der Waals surface area contributed by atoms with Gasteiger partial charge in [-0.05, 0) is 19.2 Å². The summed E-state index contributed by atoms with van der Waals surface area (Å²) in [5, 5.41) is 8.07. The molecule has 0 aliphatic rings. The molecule has 1 aromatic heterocycles. The highest BCUT2D eigenvalue weighted by atomic mass is 16.5. The molecule has 0 aliphatic carbocycles. The second-order valence-corrected chi connectivity index (χ2v) is 5.09. The maximum Gasteiger partial charge on any atom is 0.230 e. The summed E-state index contributed by atoms with van der Waals surface area (Å²) in [5.74, 6) is 2.49. The molecule has 5 nitrogen and oxygen atoms in total. The van der Waals surface area contributed by atoms with Gasteiger partial charge in [0.2, 0.25) is 11.8 Å². The summed E-state index contributed by atoms with van der Waals surface area (Å²) in [6, 6.07) is 9.80. The van der Waals surface area contributed by atoms with E-state index in [9.17, 15) is 0 Å². The first-order chi connectivity index (χ1) is 9.65. The van der Waals surface area contributed by atoms with E-state index in [1.54, 1.807) is 0 Å². The van der Waals surface area contributed by atoms with E-state index in [0.29, 0.717) is 24.9 Å². The van der Waals surface area contributed by atoms with Crippen LogP contribution < -0.4 is 4.74 Å². The third-order valence-electron chi connectivity index (χ3n) is 2.87. The molecule has 0 N–H and O–H groups in total. The maximum absolute atomic E-state index is 5.65. The zero-order chi connectivity index (χ0) is 14.4. The summed E-state index contributed by atoms with van der Waals surface area (Å²) in [6.45, 7) is 6.14. The highest BCUT2D eigenvalue weighted by molar-refractivity contribution is 5.20. The zero-order valence-corrected chi connectivity index (χ0v) is 12.2. The fraction of sp³-hybridized carbons (Fsp3) is 0.467. The third-order valence-corrected chi connectivity index (χ3v) is 2.87. The van der Waals surface area contributed by atoms with Gasteiger partial charge in [-0.15, -0.1) is 10.2 Å². The number of rotatable bonds is 7. The third kappa shape index (κ3) is 4.35. The van der Waals surface area contributed by atoms with Crippen molar-refractivity contribution in [2.75, 3.05) is 20.2 Å². The minimum absolute atomic E-state index is 0.267. The van der Waals surface area contributed by atoms with Crippen LogP contribution in [0.25, 0.3) is 0 Å². The smallest absolute Gasteiger partial charge is 0.230 e. The fourth-order valence-corrected chi connectivity index (χ4v) is 1.71. The first kappa shape index (κ1) is 14.5. The largest absolute Gasteiger partial charge is 0.492 e. The molecule has 0 fully saturated rings. The molecule has 0 saturated heterocycles. The van der Waals surface area contributed by atoms with E-state index < -0.39 is 0 Å². The molecule has 0 spiro atoms. The first-order valence-corrected chi connectivity index (χ1v) is 6.84. The Balaban J connectivity index is 1.73. The second-order valence-electron chi connectivity index (χ2n) is 5.09. The highest BCUT2D eigenvalue weighted by Gasteiger charge is 2.11. The van der Waals surface area contributed by atoms with Gasteiger partial charge < -0.3 is 9.15 Å². The molecule has 0 bridgehead atoms. The average molecular weight is 275 g/mol. The van der Waals surface area contributed by atoms with Crippen LogP contribution in [0.4, 0.5) is 0 Å². The summed E-state index contributed by atoms with van der Waals surface area (Å²) in [4.78, 5) is 2.10. The number of likely N-dealkylation sites (N-methyl/N-ethyl adjacent to an activating group) is 1. The minimum Gasteiger partial charge on any atom is -0.492 e. The van der Waals surface area contributed by atoms with Gasteiger partial charge >= 0.3 is 0 Å². The van der Waals surface area contributed by atoms with Crippen LogP contribution in [0.15, 0.2) is 34.7 Å². The molecule has 1 heterocycles. The molecule has 108 valence electrons. The fourth-order valence-electron chi connectivity index (χ4n) is 1.71. The van der Waals surface area contributed by atoms with E-state index in [4.69, 9.17) is 9.15 Å². The Morgan fingerprint density at radius 2 is 1.95 bits per heavy atom. The maximum atomic E-state index is 5.65. The van der Waals surface area contributed by atoms with Crippen LogP contribution in [-0.2, 0) is 6.54 Å². The van der Waals surface area contributed by atoms with Crippen molar-refractivity contribution in [1.82, 2.24) is 15.1 Å². The van der Waals surface area contributed by atoms with Gasteiger partial charge in [0.05, 0.1) is 6.54 Å². The molecule has 0 atom stereocenters. The van der Waals surface area contributed by atoms with Crippen molar-refractivity contribution < 1.29 is 9.15 Å². The molecular weight excluding hydrogens is 254 g/mol. The summed E-state index contributed by atoms with van der Waals surface area (Å²) >= 11 is 0. The van der Waals surface area contributed by atoms with Gasteiger partial charge in [-0.2, -0.15) is 0 Å². The molecule has 5 heteroatoms. The van der Waals surface area contributed by atoms with Crippen molar-refractivity contribution in [2.24, 2.45) is 0 Å². The van der Waals surface area contributed by atoms with E-state index >= 15 is 0 Å². The number of para-hydroxylation sites is 1. The SMILES string of the molecule is CC(C)c1nnc(CN(C)CCOc2ccccc2)o1. The predicted molar refractivity (Wildman–Crippen MR) is 76.7 cm³/mol. The van der Waals surface area contributed by atoms with Crippen LogP contribution in [0.3, 0.4) is 0 Å². The van der Waals surface area contributed by atoms with Gasteiger partial charge in [0.25, 0.3) is 0 Å². The summed E-state index contributed by atoms with van der Waals surface area (Å²) < 4.78 is 11.2. The number of benzene rings is 1. The van der Waals surface area contributed by atoms with E-state index in [1.807, 2.05) is 51.2 Å². The second kappa shape index (κ2) is 7.05. The van der Waals surface area contributed by atoms with E-state index in [1.165, 1.54) is 0 Å². The first-order valence-electron chi connectivity index (χ1n) is 6.84.